The Bertz CT molecular complexity index is 1010. The standard InChI is InChI=1S/C26H32N4O4/c1-19(20-6-4-3-5-7-20)30-17-21(16-25(30)32)26(33)28(2)18-24(31)27-22-8-10-23(11-9-22)29-12-14-34-15-13-29/h3-11,19,21H,12-18H2,1-2H3,(H,27,31). The smallest absolute Gasteiger partial charge is 0.243 e. The van der Waals surface area contributed by atoms with Crippen molar-refractivity contribution < 1.29 is 19.1 Å². The van der Waals surface area contributed by atoms with Crippen LogP contribution in [0.4, 0.5) is 11.4 Å². The Labute approximate surface area is 200 Å². The van der Waals surface area contributed by atoms with E-state index < -0.39 is 5.92 Å². The fraction of sp³-hybridized carbons (Fsp3) is 0.423. The van der Waals surface area contributed by atoms with Crippen molar-refractivity contribution in [3.63, 3.8) is 0 Å². The van der Waals surface area contributed by atoms with Gasteiger partial charge in [-0.3, -0.25) is 14.4 Å². The minimum Gasteiger partial charge on any atom is -0.378 e. The minimum atomic E-state index is -0.440. The molecule has 0 radical (unpaired) electrons. The highest BCUT2D eigenvalue weighted by atomic mass is 16.5. The Hall–Kier alpha value is -3.39. The first-order valence-electron chi connectivity index (χ1n) is 11.7. The number of benzene rings is 2. The van der Waals surface area contributed by atoms with Gasteiger partial charge in [-0.05, 0) is 36.8 Å². The van der Waals surface area contributed by atoms with Crippen molar-refractivity contribution in [2.75, 3.05) is 56.7 Å². The van der Waals surface area contributed by atoms with E-state index in [4.69, 9.17) is 4.74 Å². The van der Waals surface area contributed by atoms with E-state index in [1.54, 1.807) is 11.9 Å². The van der Waals surface area contributed by atoms with Gasteiger partial charge in [0.2, 0.25) is 17.7 Å². The van der Waals surface area contributed by atoms with Gasteiger partial charge in [0, 0.05) is 44.5 Å². The first-order valence-corrected chi connectivity index (χ1v) is 11.7. The number of nitrogens with zero attached hydrogens (tertiary/aromatic N) is 3. The van der Waals surface area contributed by atoms with E-state index in [0.29, 0.717) is 25.4 Å². The summed E-state index contributed by atoms with van der Waals surface area (Å²) in [4.78, 5) is 43.5. The van der Waals surface area contributed by atoms with Crippen LogP contribution < -0.4 is 10.2 Å². The molecule has 2 aliphatic heterocycles. The molecule has 8 nitrogen and oxygen atoms in total. The van der Waals surface area contributed by atoms with Crippen molar-refractivity contribution in [2.45, 2.75) is 19.4 Å². The highest BCUT2D eigenvalue weighted by Crippen LogP contribution is 2.29. The summed E-state index contributed by atoms with van der Waals surface area (Å²) in [6.45, 7) is 5.41. The maximum atomic E-state index is 13.0. The molecule has 1 N–H and O–H groups in total. The molecule has 2 heterocycles. The molecule has 2 fully saturated rings. The maximum absolute atomic E-state index is 13.0. The van der Waals surface area contributed by atoms with E-state index in [9.17, 15) is 14.4 Å². The maximum Gasteiger partial charge on any atom is 0.243 e. The number of morpholine rings is 1. The highest BCUT2D eigenvalue weighted by molar-refractivity contribution is 5.96. The molecule has 2 saturated heterocycles. The largest absolute Gasteiger partial charge is 0.378 e. The molecule has 2 aliphatic rings. The fourth-order valence-electron chi connectivity index (χ4n) is 4.57. The normalized spacial score (nSPS) is 19.1. The molecule has 0 bridgehead atoms. The van der Waals surface area contributed by atoms with Crippen LogP contribution in [0.1, 0.15) is 24.9 Å². The Balaban J connectivity index is 1.28. The van der Waals surface area contributed by atoms with Crippen LogP contribution in [0.15, 0.2) is 54.6 Å². The van der Waals surface area contributed by atoms with Crippen LogP contribution in [0, 0.1) is 5.92 Å². The summed E-state index contributed by atoms with van der Waals surface area (Å²) in [5.41, 5.74) is 2.81. The van der Waals surface area contributed by atoms with Gasteiger partial charge in [-0.2, -0.15) is 0 Å². The van der Waals surface area contributed by atoms with Gasteiger partial charge >= 0.3 is 0 Å². The number of anilines is 2. The van der Waals surface area contributed by atoms with Crippen molar-refractivity contribution >= 4 is 29.1 Å². The molecule has 0 aromatic heterocycles. The van der Waals surface area contributed by atoms with Crippen LogP contribution in [0.2, 0.25) is 0 Å². The third kappa shape index (κ3) is 5.56. The second-order valence-electron chi connectivity index (χ2n) is 8.92. The summed E-state index contributed by atoms with van der Waals surface area (Å²) >= 11 is 0. The number of hydrogen-bond donors (Lipinski definition) is 1. The van der Waals surface area contributed by atoms with Gasteiger partial charge in [0.25, 0.3) is 0 Å². The minimum absolute atomic E-state index is 0.0343. The monoisotopic (exact) mass is 464 g/mol. The number of carbonyl (C=O) groups is 3. The predicted octanol–water partition coefficient (Wildman–Crippen LogP) is 2.53. The van der Waals surface area contributed by atoms with Gasteiger partial charge in [-0.25, -0.2) is 0 Å². The zero-order valence-corrected chi connectivity index (χ0v) is 19.8. The molecule has 4 rings (SSSR count). The van der Waals surface area contributed by atoms with Gasteiger partial charge < -0.3 is 24.8 Å². The van der Waals surface area contributed by atoms with Crippen molar-refractivity contribution in [1.82, 2.24) is 9.80 Å². The highest BCUT2D eigenvalue weighted by Gasteiger charge is 2.38. The molecule has 8 heteroatoms. The second kappa shape index (κ2) is 10.7. The first kappa shape index (κ1) is 23.8. The summed E-state index contributed by atoms with van der Waals surface area (Å²) < 4.78 is 5.38. The van der Waals surface area contributed by atoms with Gasteiger partial charge in [0.15, 0.2) is 0 Å². The van der Waals surface area contributed by atoms with Crippen LogP contribution in [0.3, 0.4) is 0 Å². The number of ether oxygens (including phenoxy) is 1. The lowest BCUT2D eigenvalue weighted by Gasteiger charge is -2.29. The molecule has 2 atom stereocenters. The zero-order chi connectivity index (χ0) is 24.1. The van der Waals surface area contributed by atoms with Crippen LogP contribution in [-0.2, 0) is 19.1 Å². The van der Waals surface area contributed by atoms with E-state index in [1.807, 2.05) is 61.5 Å². The molecular weight excluding hydrogens is 432 g/mol. The van der Waals surface area contributed by atoms with E-state index >= 15 is 0 Å². The number of likely N-dealkylation sites (tertiary alicyclic amines) is 1. The Morgan fingerprint density at radius 1 is 1.09 bits per heavy atom. The Morgan fingerprint density at radius 3 is 2.44 bits per heavy atom. The van der Waals surface area contributed by atoms with Gasteiger partial charge in [0.1, 0.15) is 0 Å². The molecule has 2 unspecified atom stereocenters. The Morgan fingerprint density at radius 2 is 1.76 bits per heavy atom. The number of likely N-dealkylation sites (N-methyl/N-ethyl adjacent to an activating group) is 1. The summed E-state index contributed by atoms with van der Waals surface area (Å²) in [7, 11) is 1.61. The lowest BCUT2D eigenvalue weighted by molar-refractivity contribution is -0.137. The molecule has 180 valence electrons. The van der Waals surface area contributed by atoms with Gasteiger partial charge in [0.05, 0.1) is 31.7 Å². The average Bonchev–Trinajstić information content (AvgIpc) is 3.26. The van der Waals surface area contributed by atoms with E-state index in [0.717, 1.165) is 24.3 Å². The summed E-state index contributed by atoms with van der Waals surface area (Å²) in [6.07, 6.45) is 0.172. The van der Waals surface area contributed by atoms with Gasteiger partial charge in [-0.15, -0.1) is 0 Å². The first-order chi connectivity index (χ1) is 16.4. The van der Waals surface area contributed by atoms with Crippen molar-refractivity contribution in [3.8, 4) is 0 Å². The molecule has 0 saturated carbocycles. The van der Waals surface area contributed by atoms with Crippen LogP contribution in [0.5, 0.6) is 0 Å². The van der Waals surface area contributed by atoms with E-state index in [2.05, 4.69) is 10.2 Å². The zero-order valence-electron chi connectivity index (χ0n) is 19.8. The predicted molar refractivity (Wildman–Crippen MR) is 130 cm³/mol. The van der Waals surface area contributed by atoms with Crippen LogP contribution in [-0.4, -0.2) is 74.0 Å². The second-order valence-corrected chi connectivity index (χ2v) is 8.92. The molecule has 0 spiro atoms. The van der Waals surface area contributed by atoms with E-state index in [1.165, 1.54) is 4.90 Å². The topological polar surface area (TPSA) is 82.2 Å². The van der Waals surface area contributed by atoms with Crippen molar-refractivity contribution in [1.29, 1.82) is 0 Å². The lowest BCUT2D eigenvalue weighted by Crippen LogP contribution is -2.39. The van der Waals surface area contributed by atoms with E-state index in [-0.39, 0.29) is 36.7 Å². The number of rotatable bonds is 7. The summed E-state index contributed by atoms with van der Waals surface area (Å²) in [6, 6.07) is 17.4. The van der Waals surface area contributed by atoms with Crippen LogP contribution in [0.25, 0.3) is 0 Å². The third-order valence-corrected chi connectivity index (χ3v) is 6.54. The number of hydrogen-bond acceptors (Lipinski definition) is 5. The SMILES string of the molecule is CC(c1ccccc1)N1CC(C(=O)N(C)CC(=O)Nc2ccc(N3CCOCC3)cc2)CC1=O. The molecular formula is C26H32N4O4. The average molecular weight is 465 g/mol. The molecule has 2 aromatic carbocycles. The number of carbonyl (C=O) groups excluding carboxylic acids is 3. The number of amides is 3. The third-order valence-electron chi connectivity index (χ3n) is 6.54. The molecule has 34 heavy (non-hydrogen) atoms. The molecule has 0 aliphatic carbocycles. The summed E-state index contributed by atoms with van der Waals surface area (Å²) in [5.74, 6) is -0.931. The van der Waals surface area contributed by atoms with Crippen LogP contribution >= 0.6 is 0 Å². The lowest BCUT2D eigenvalue weighted by atomic mass is 10.1. The van der Waals surface area contributed by atoms with Crippen molar-refractivity contribution in [3.05, 3.63) is 60.2 Å². The summed E-state index contributed by atoms with van der Waals surface area (Å²) in [5, 5.41) is 2.85. The molecule has 3 amide bonds. The fourth-order valence-corrected chi connectivity index (χ4v) is 4.57. The number of nitrogens with one attached hydrogen (secondary N) is 1. The van der Waals surface area contributed by atoms with Crippen molar-refractivity contribution in [2.24, 2.45) is 5.92 Å². The molecule has 2 aromatic rings. The van der Waals surface area contributed by atoms with Gasteiger partial charge in [-0.1, -0.05) is 30.3 Å². The Kier molecular flexibility index (Phi) is 7.47. The quantitative estimate of drug-likeness (QED) is 0.681.